The highest BCUT2D eigenvalue weighted by molar-refractivity contribution is 7.89. The predicted octanol–water partition coefficient (Wildman–Crippen LogP) is 2.18. The highest BCUT2D eigenvalue weighted by Crippen LogP contribution is 2.29. The first-order valence-corrected chi connectivity index (χ1v) is 11.1. The van der Waals surface area contributed by atoms with Crippen LogP contribution in [0.3, 0.4) is 0 Å². The first-order chi connectivity index (χ1) is 14.4. The number of nitriles is 1. The van der Waals surface area contributed by atoms with Crippen LogP contribution in [-0.2, 0) is 14.8 Å². The molecule has 2 fully saturated rings. The van der Waals surface area contributed by atoms with Gasteiger partial charge in [-0.15, -0.1) is 0 Å². The van der Waals surface area contributed by atoms with Crippen molar-refractivity contribution in [2.75, 3.05) is 24.5 Å². The number of carbonyl (C=O) groups excluding carboxylic acids is 2. The molecule has 154 valence electrons. The summed E-state index contributed by atoms with van der Waals surface area (Å²) in [6.07, 6.45) is 0.852. The number of para-hydroxylation sites is 1. The van der Waals surface area contributed by atoms with Crippen LogP contribution in [0.1, 0.15) is 18.4 Å². The van der Waals surface area contributed by atoms with Gasteiger partial charge in [-0.1, -0.05) is 30.3 Å². The van der Waals surface area contributed by atoms with Crippen molar-refractivity contribution in [3.8, 4) is 6.07 Å². The minimum Gasteiger partial charge on any atom is -0.312 e. The fourth-order valence-corrected chi connectivity index (χ4v) is 5.57. The molecule has 2 saturated heterocycles. The molecule has 2 aliphatic rings. The summed E-state index contributed by atoms with van der Waals surface area (Å²) < 4.78 is 27.3. The number of benzene rings is 2. The zero-order valence-electron chi connectivity index (χ0n) is 16.1. The number of imide groups is 1. The first-order valence-electron chi connectivity index (χ1n) is 9.61. The topological polar surface area (TPSA) is 102 Å². The van der Waals surface area contributed by atoms with Gasteiger partial charge in [0.2, 0.25) is 10.0 Å². The Morgan fingerprint density at radius 1 is 0.933 bits per heavy atom. The second-order valence-corrected chi connectivity index (χ2v) is 9.12. The molecule has 4 rings (SSSR count). The lowest BCUT2D eigenvalue weighted by Crippen LogP contribution is -2.48. The van der Waals surface area contributed by atoms with Crippen molar-refractivity contribution in [3.05, 3.63) is 60.2 Å². The normalized spacial score (nSPS) is 18.6. The van der Waals surface area contributed by atoms with Crippen LogP contribution in [0.5, 0.6) is 0 Å². The van der Waals surface area contributed by atoms with E-state index in [0.717, 1.165) is 0 Å². The first kappa shape index (κ1) is 20.1. The third-order valence-electron chi connectivity index (χ3n) is 5.50. The van der Waals surface area contributed by atoms with E-state index in [4.69, 9.17) is 0 Å². The van der Waals surface area contributed by atoms with Gasteiger partial charge in [0.1, 0.15) is 12.6 Å². The molecule has 2 heterocycles. The van der Waals surface area contributed by atoms with E-state index in [-0.39, 0.29) is 48.1 Å². The number of sulfonamides is 1. The minimum atomic E-state index is -3.80. The van der Waals surface area contributed by atoms with Crippen LogP contribution in [0.15, 0.2) is 59.5 Å². The zero-order chi connectivity index (χ0) is 21.3. The van der Waals surface area contributed by atoms with Crippen molar-refractivity contribution in [2.45, 2.75) is 23.8 Å². The van der Waals surface area contributed by atoms with Gasteiger partial charge in [0.15, 0.2) is 0 Å². The average Bonchev–Trinajstić information content (AvgIpc) is 3.08. The van der Waals surface area contributed by atoms with Crippen LogP contribution >= 0.6 is 0 Å². The molecule has 3 amide bonds. The Hall–Kier alpha value is -3.22. The molecule has 0 radical (unpaired) electrons. The van der Waals surface area contributed by atoms with E-state index in [0.29, 0.717) is 18.5 Å². The predicted molar refractivity (Wildman–Crippen MR) is 109 cm³/mol. The van der Waals surface area contributed by atoms with Crippen LogP contribution in [-0.4, -0.2) is 55.2 Å². The van der Waals surface area contributed by atoms with Gasteiger partial charge in [0, 0.05) is 19.1 Å². The van der Waals surface area contributed by atoms with Crippen LogP contribution < -0.4 is 4.90 Å². The van der Waals surface area contributed by atoms with E-state index in [9.17, 15) is 23.3 Å². The fraction of sp³-hybridized carbons (Fsp3) is 0.286. The monoisotopic (exact) mass is 424 g/mol. The van der Waals surface area contributed by atoms with Gasteiger partial charge in [-0.2, -0.15) is 9.57 Å². The second-order valence-electron chi connectivity index (χ2n) is 7.22. The molecule has 8 nitrogen and oxygen atoms in total. The molecule has 0 aromatic heterocycles. The summed E-state index contributed by atoms with van der Waals surface area (Å²) in [5, 5.41) is 9.22. The lowest BCUT2D eigenvalue weighted by atomic mass is 10.1. The minimum absolute atomic E-state index is 0.00590. The quantitative estimate of drug-likeness (QED) is 0.700. The average molecular weight is 424 g/mol. The van der Waals surface area contributed by atoms with Crippen molar-refractivity contribution in [1.82, 2.24) is 9.21 Å². The molecule has 0 bridgehead atoms. The standard InChI is InChI=1S/C21H20N4O4S/c22-14-16-6-4-5-9-19(16)30(28,29)23-12-10-17(11-13-23)24-15-20(26)25(21(24)27)18-7-2-1-3-8-18/h1-9,17H,10-13,15H2. The molecular formula is C21H20N4O4S. The molecule has 2 aromatic rings. The molecule has 0 N–H and O–H groups in total. The van der Waals surface area contributed by atoms with Crippen molar-refractivity contribution < 1.29 is 18.0 Å². The lowest BCUT2D eigenvalue weighted by molar-refractivity contribution is -0.116. The summed E-state index contributed by atoms with van der Waals surface area (Å²) in [6.45, 7) is 0.425. The van der Waals surface area contributed by atoms with Crippen molar-refractivity contribution in [3.63, 3.8) is 0 Å². The molecule has 30 heavy (non-hydrogen) atoms. The van der Waals surface area contributed by atoms with E-state index in [1.54, 1.807) is 36.4 Å². The molecule has 9 heteroatoms. The molecule has 2 aromatic carbocycles. The van der Waals surface area contributed by atoms with E-state index >= 15 is 0 Å². The molecule has 2 aliphatic heterocycles. The summed E-state index contributed by atoms with van der Waals surface area (Å²) in [7, 11) is -3.80. The largest absolute Gasteiger partial charge is 0.332 e. The van der Waals surface area contributed by atoms with Gasteiger partial charge in [0.05, 0.1) is 16.1 Å². The number of hydrogen-bond acceptors (Lipinski definition) is 5. The number of nitrogens with zero attached hydrogens (tertiary/aromatic N) is 4. The van der Waals surface area contributed by atoms with Gasteiger partial charge < -0.3 is 4.90 Å². The number of piperidine rings is 1. The Labute approximate surface area is 175 Å². The van der Waals surface area contributed by atoms with Crippen LogP contribution in [0.4, 0.5) is 10.5 Å². The fourth-order valence-electron chi connectivity index (χ4n) is 3.95. The maximum absolute atomic E-state index is 13.0. The highest BCUT2D eigenvalue weighted by Gasteiger charge is 2.42. The molecule has 0 aliphatic carbocycles. The number of hydrogen-bond donors (Lipinski definition) is 0. The zero-order valence-corrected chi connectivity index (χ0v) is 17.0. The molecule has 0 unspecified atom stereocenters. The van der Waals surface area contributed by atoms with Gasteiger partial charge in [-0.05, 0) is 37.1 Å². The molecule has 0 spiro atoms. The third-order valence-corrected chi connectivity index (χ3v) is 7.45. The number of anilines is 1. The second kappa shape index (κ2) is 7.89. The molecule has 0 atom stereocenters. The SMILES string of the molecule is N#Cc1ccccc1S(=O)(=O)N1CCC(N2CC(=O)N(c3ccccc3)C2=O)CC1. The highest BCUT2D eigenvalue weighted by atomic mass is 32.2. The van der Waals surface area contributed by atoms with Gasteiger partial charge in [-0.25, -0.2) is 18.1 Å². The molecule has 0 saturated carbocycles. The summed E-state index contributed by atoms with van der Waals surface area (Å²) >= 11 is 0. The Morgan fingerprint density at radius 3 is 2.23 bits per heavy atom. The summed E-state index contributed by atoms with van der Waals surface area (Å²) in [4.78, 5) is 28.0. The van der Waals surface area contributed by atoms with Crippen LogP contribution in [0.2, 0.25) is 0 Å². The maximum atomic E-state index is 13.0. The Balaban J connectivity index is 1.47. The van der Waals surface area contributed by atoms with E-state index in [1.807, 2.05) is 12.1 Å². The molecular weight excluding hydrogens is 404 g/mol. The van der Waals surface area contributed by atoms with Crippen LogP contribution in [0.25, 0.3) is 0 Å². The number of rotatable bonds is 4. The number of amides is 3. The lowest BCUT2D eigenvalue weighted by Gasteiger charge is -2.35. The van der Waals surface area contributed by atoms with E-state index in [1.165, 1.54) is 26.2 Å². The van der Waals surface area contributed by atoms with Gasteiger partial charge in [-0.3, -0.25) is 4.79 Å². The van der Waals surface area contributed by atoms with Crippen LogP contribution in [0, 0.1) is 11.3 Å². The van der Waals surface area contributed by atoms with Crippen molar-refractivity contribution >= 4 is 27.6 Å². The summed E-state index contributed by atoms with van der Waals surface area (Å²) in [5.74, 6) is -0.288. The van der Waals surface area contributed by atoms with Gasteiger partial charge >= 0.3 is 6.03 Å². The van der Waals surface area contributed by atoms with Crippen molar-refractivity contribution in [2.24, 2.45) is 0 Å². The maximum Gasteiger partial charge on any atom is 0.332 e. The third kappa shape index (κ3) is 3.44. The van der Waals surface area contributed by atoms with Crippen molar-refractivity contribution in [1.29, 1.82) is 5.26 Å². The van der Waals surface area contributed by atoms with E-state index < -0.39 is 10.0 Å². The smallest absolute Gasteiger partial charge is 0.312 e. The number of carbonyl (C=O) groups is 2. The Morgan fingerprint density at radius 2 is 1.57 bits per heavy atom. The Kier molecular flexibility index (Phi) is 5.28. The summed E-state index contributed by atoms with van der Waals surface area (Å²) in [5.41, 5.74) is 0.640. The Bertz CT molecular complexity index is 1120. The van der Waals surface area contributed by atoms with Gasteiger partial charge in [0.25, 0.3) is 5.91 Å². The van der Waals surface area contributed by atoms with E-state index in [2.05, 4.69) is 0 Å². The number of urea groups is 1. The summed E-state index contributed by atoms with van der Waals surface area (Å²) in [6, 6.07) is 16.2.